The Morgan fingerprint density at radius 1 is 1.48 bits per heavy atom. The minimum atomic E-state index is -3.00. The molecule has 0 saturated carbocycles. The summed E-state index contributed by atoms with van der Waals surface area (Å²) in [6.07, 6.45) is 0.731. The van der Waals surface area contributed by atoms with Crippen molar-refractivity contribution in [3.05, 3.63) is 17.5 Å². The molecule has 0 N–H and O–H groups in total. The predicted molar refractivity (Wildman–Crippen MR) is 79.7 cm³/mol. The average molecular weight is 313 g/mol. The molecule has 6 nitrogen and oxygen atoms in total. The van der Waals surface area contributed by atoms with Crippen molar-refractivity contribution in [2.75, 3.05) is 32.6 Å². The lowest BCUT2D eigenvalue weighted by Gasteiger charge is -2.49. The standard InChI is InChI=1S/C14H23N3O3S/c1-11-6-13(16(2)15-11)7-17-9-14(10-17)12(8-20-3)4-5-21(14,18)19/h6,12H,4-5,7-10H2,1-3H3/t12-/m0/s1. The number of rotatable bonds is 4. The molecule has 2 aliphatic heterocycles. The highest BCUT2D eigenvalue weighted by atomic mass is 32.2. The van der Waals surface area contributed by atoms with Crippen LogP contribution >= 0.6 is 0 Å². The van der Waals surface area contributed by atoms with Crippen molar-refractivity contribution in [1.29, 1.82) is 0 Å². The van der Waals surface area contributed by atoms with Crippen molar-refractivity contribution in [3.63, 3.8) is 0 Å². The Balaban J connectivity index is 1.72. The largest absolute Gasteiger partial charge is 0.384 e. The summed E-state index contributed by atoms with van der Waals surface area (Å²) in [5.74, 6) is 0.441. The first-order valence-corrected chi connectivity index (χ1v) is 8.96. The van der Waals surface area contributed by atoms with Crippen LogP contribution in [0.25, 0.3) is 0 Å². The number of methoxy groups -OCH3 is 1. The van der Waals surface area contributed by atoms with E-state index in [1.54, 1.807) is 7.11 Å². The van der Waals surface area contributed by atoms with E-state index in [-0.39, 0.29) is 5.92 Å². The summed E-state index contributed by atoms with van der Waals surface area (Å²) in [5, 5.41) is 4.34. The molecule has 0 aliphatic carbocycles. The first kappa shape index (κ1) is 15.0. The Bertz CT molecular complexity index is 632. The van der Waals surface area contributed by atoms with Crippen molar-refractivity contribution in [2.45, 2.75) is 24.6 Å². The first-order chi connectivity index (χ1) is 9.88. The molecule has 2 fully saturated rings. The fourth-order valence-corrected chi connectivity index (χ4v) is 6.23. The highest BCUT2D eigenvalue weighted by Crippen LogP contribution is 2.45. The highest BCUT2D eigenvalue weighted by molar-refractivity contribution is 7.93. The summed E-state index contributed by atoms with van der Waals surface area (Å²) in [5.41, 5.74) is 2.12. The van der Waals surface area contributed by atoms with Crippen molar-refractivity contribution >= 4 is 9.84 Å². The van der Waals surface area contributed by atoms with E-state index in [0.717, 1.165) is 24.4 Å². The van der Waals surface area contributed by atoms with E-state index in [9.17, 15) is 8.42 Å². The van der Waals surface area contributed by atoms with Gasteiger partial charge in [-0.15, -0.1) is 0 Å². The summed E-state index contributed by atoms with van der Waals surface area (Å²) in [7, 11) is 0.579. The maximum absolute atomic E-state index is 12.4. The van der Waals surface area contributed by atoms with Gasteiger partial charge in [0, 0.05) is 39.7 Å². The fraction of sp³-hybridized carbons (Fsp3) is 0.786. The van der Waals surface area contributed by atoms with Crippen LogP contribution in [-0.2, 0) is 28.2 Å². The van der Waals surface area contributed by atoms with Gasteiger partial charge < -0.3 is 4.74 Å². The second kappa shape index (κ2) is 5.07. The van der Waals surface area contributed by atoms with Crippen LogP contribution in [0.5, 0.6) is 0 Å². The quantitative estimate of drug-likeness (QED) is 0.803. The molecule has 7 heteroatoms. The summed E-state index contributed by atoms with van der Waals surface area (Å²) in [4.78, 5) is 2.20. The maximum Gasteiger partial charge on any atom is 0.158 e. The van der Waals surface area contributed by atoms with Gasteiger partial charge in [0.1, 0.15) is 4.75 Å². The Hall–Kier alpha value is -0.920. The van der Waals surface area contributed by atoms with Crippen LogP contribution in [0.15, 0.2) is 6.07 Å². The number of sulfone groups is 1. The Labute approximate surface area is 126 Å². The zero-order valence-corrected chi connectivity index (χ0v) is 13.7. The van der Waals surface area contributed by atoms with Crippen molar-refractivity contribution in [2.24, 2.45) is 13.0 Å². The Morgan fingerprint density at radius 2 is 2.19 bits per heavy atom. The van der Waals surface area contributed by atoms with Crippen LogP contribution < -0.4 is 0 Å². The average Bonchev–Trinajstić information content (AvgIpc) is 2.79. The van der Waals surface area contributed by atoms with Gasteiger partial charge in [-0.3, -0.25) is 9.58 Å². The van der Waals surface area contributed by atoms with Crippen LogP contribution in [0.4, 0.5) is 0 Å². The van der Waals surface area contributed by atoms with Gasteiger partial charge in [0.15, 0.2) is 9.84 Å². The molecule has 21 heavy (non-hydrogen) atoms. The van der Waals surface area contributed by atoms with Gasteiger partial charge in [0.25, 0.3) is 0 Å². The van der Waals surface area contributed by atoms with Crippen LogP contribution in [0.1, 0.15) is 17.8 Å². The Morgan fingerprint density at radius 3 is 2.76 bits per heavy atom. The molecule has 1 spiro atoms. The molecule has 2 aliphatic rings. The zero-order valence-electron chi connectivity index (χ0n) is 12.9. The number of aromatic nitrogens is 2. The van der Waals surface area contributed by atoms with E-state index in [0.29, 0.717) is 25.4 Å². The van der Waals surface area contributed by atoms with E-state index in [1.807, 2.05) is 18.7 Å². The second-order valence-electron chi connectivity index (χ2n) is 6.37. The van der Waals surface area contributed by atoms with Crippen molar-refractivity contribution in [3.8, 4) is 0 Å². The lowest BCUT2D eigenvalue weighted by Crippen LogP contribution is -2.67. The van der Waals surface area contributed by atoms with Gasteiger partial charge in [-0.25, -0.2) is 8.42 Å². The third-order valence-corrected chi connectivity index (χ3v) is 7.54. The minimum Gasteiger partial charge on any atom is -0.384 e. The van der Waals surface area contributed by atoms with Crippen LogP contribution in [0.2, 0.25) is 0 Å². The topological polar surface area (TPSA) is 64.4 Å². The van der Waals surface area contributed by atoms with Crippen molar-refractivity contribution in [1.82, 2.24) is 14.7 Å². The summed E-state index contributed by atoms with van der Waals surface area (Å²) in [6, 6.07) is 2.06. The van der Waals surface area contributed by atoms with Gasteiger partial charge in [-0.05, 0) is 19.4 Å². The van der Waals surface area contributed by atoms with Gasteiger partial charge in [-0.1, -0.05) is 0 Å². The summed E-state index contributed by atoms with van der Waals surface area (Å²) < 4.78 is 31.4. The molecule has 2 saturated heterocycles. The Kier molecular flexibility index (Phi) is 3.62. The van der Waals surface area contributed by atoms with E-state index in [2.05, 4.69) is 16.1 Å². The van der Waals surface area contributed by atoms with E-state index in [4.69, 9.17) is 4.74 Å². The normalized spacial score (nSPS) is 27.1. The SMILES string of the molecule is COC[C@@H]1CCS(=O)(=O)C12CN(Cc1cc(C)nn1C)C2. The number of nitrogens with zero attached hydrogens (tertiary/aromatic N) is 3. The highest BCUT2D eigenvalue weighted by Gasteiger charge is 2.61. The van der Waals surface area contributed by atoms with Gasteiger partial charge in [0.05, 0.1) is 23.7 Å². The van der Waals surface area contributed by atoms with E-state index >= 15 is 0 Å². The second-order valence-corrected chi connectivity index (χ2v) is 8.82. The lowest BCUT2D eigenvalue weighted by atomic mass is 9.83. The summed E-state index contributed by atoms with van der Waals surface area (Å²) in [6.45, 7) is 4.50. The molecule has 1 aromatic rings. The van der Waals surface area contributed by atoms with Gasteiger partial charge in [-0.2, -0.15) is 5.10 Å². The molecule has 0 unspecified atom stereocenters. The molecule has 3 rings (SSSR count). The molecule has 0 aromatic carbocycles. The number of ether oxygens (including phenoxy) is 1. The molecule has 0 radical (unpaired) electrons. The van der Waals surface area contributed by atoms with Crippen LogP contribution in [0.3, 0.4) is 0 Å². The third kappa shape index (κ3) is 2.31. The number of hydrogen-bond acceptors (Lipinski definition) is 5. The molecular formula is C14H23N3O3S. The van der Waals surface area contributed by atoms with Crippen LogP contribution in [0, 0.1) is 12.8 Å². The molecule has 3 heterocycles. The lowest BCUT2D eigenvalue weighted by molar-refractivity contribution is 0.0398. The molecule has 0 amide bonds. The van der Waals surface area contributed by atoms with E-state index in [1.165, 1.54) is 0 Å². The zero-order chi connectivity index (χ0) is 15.3. The third-order valence-electron chi connectivity index (χ3n) is 4.93. The smallest absolute Gasteiger partial charge is 0.158 e. The minimum absolute atomic E-state index is 0.136. The van der Waals surface area contributed by atoms with Gasteiger partial charge in [0.2, 0.25) is 0 Å². The number of likely N-dealkylation sites (tertiary alicyclic amines) is 1. The molecule has 1 atom stereocenters. The van der Waals surface area contributed by atoms with Crippen molar-refractivity contribution < 1.29 is 13.2 Å². The molecule has 1 aromatic heterocycles. The fourth-order valence-electron chi connectivity index (χ4n) is 3.77. The van der Waals surface area contributed by atoms with E-state index < -0.39 is 14.6 Å². The monoisotopic (exact) mass is 313 g/mol. The molecular weight excluding hydrogens is 290 g/mol. The number of aryl methyl sites for hydroxylation is 2. The first-order valence-electron chi connectivity index (χ1n) is 7.31. The molecule has 118 valence electrons. The summed E-state index contributed by atoms with van der Waals surface area (Å²) >= 11 is 0. The number of hydrogen-bond donors (Lipinski definition) is 0. The molecule has 0 bridgehead atoms. The predicted octanol–water partition coefficient (Wildman–Crippen LogP) is 0.364. The van der Waals surface area contributed by atoms with Crippen LogP contribution in [-0.4, -0.2) is 60.4 Å². The van der Waals surface area contributed by atoms with Gasteiger partial charge >= 0.3 is 0 Å². The maximum atomic E-state index is 12.4.